The third-order valence-electron chi connectivity index (χ3n) is 6.02. The van der Waals surface area contributed by atoms with E-state index in [1.54, 1.807) is 32.4 Å². The van der Waals surface area contributed by atoms with E-state index in [4.69, 9.17) is 21.1 Å². The number of anilines is 1. The first kappa shape index (κ1) is 21.9. The Bertz CT molecular complexity index is 1350. The number of ether oxygens (including phenoxy) is 2. The first-order valence-corrected chi connectivity index (χ1v) is 11.3. The van der Waals surface area contributed by atoms with Crippen LogP contribution < -0.4 is 14.8 Å². The Morgan fingerprint density at radius 2 is 1.76 bits per heavy atom. The molecule has 5 rings (SSSR count). The number of fused-ring (bicyclic) bond motifs is 3. The summed E-state index contributed by atoms with van der Waals surface area (Å²) in [6, 6.07) is 24.6. The number of carbonyl (C=O) groups excluding carboxylic acids is 1. The molecule has 0 saturated heterocycles. The van der Waals surface area contributed by atoms with E-state index in [2.05, 4.69) is 22.0 Å². The second-order valence-corrected chi connectivity index (χ2v) is 8.45. The minimum Gasteiger partial charge on any atom is -0.493 e. The van der Waals surface area contributed by atoms with Crippen molar-refractivity contribution in [1.29, 1.82) is 0 Å². The van der Waals surface area contributed by atoms with Crippen molar-refractivity contribution in [2.45, 2.75) is 12.6 Å². The van der Waals surface area contributed by atoms with E-state index < -0.39 is 0 Å². The van der Waals surface area contributed by atoms with Crippen LogP contribution in [0.3, 0.4) is 0 Å². The van der Waals surface area contributed by atoms with Crippen LogP contribution in [0.25, 0.3) is 5.69 Å². The van der Waals surface area contributed by atoms with Gasteiger partial charge in [0.15, 0.2) is 11.5 Å². The third-order valence-corrected chi connectivity index (χ3v) is 6.26. The molecule has 0 radical (unpaired) electrons. The monoisotopic (exact) mass is 473 g/mol. The minimum absolute atomic E-state index is 0.235. The Morgan fingerprint density at radius 1 is 0.941 bits per heavy atom. The molecular formula is C27H24ClN3O3. The quantitative estimate of drug-likeness (QED) is 0.379. The first-order valence-electron chi connectivity index (χ1n) is 10.9. The summed E-state index contributed by atoms with van der Waals surface area (Å²) >= 11 is 6.36. The lowest BCUT2D eigenvalue weighted by Crippen LogP contribution is -2.37. The van der Waals surface area contributed by atoms with Crippen LogP contribution in [0.15, 0.2) is 85.1 Å². The topological polar surface area (TPSA) is 55.7 Å². The van der Waals surface area contributed by atoms with Crippen molar-refractivity contribution < 1.29 is 14.3 Å². The van der Waals surface area contributed by atoms with Crippen LogP contribution in [-0.2, 0) is 6.54 Å². The number of hydrogen-bond donors (Lipinski definition) is 1. The molecule has 0 unspecified atom stereocenters. The van der Waals surface area contributed by atoms with Crippen molar-refractivity contribution in [2.75, 3.05) is 19.5 Å². The molecule has 1 N–H and O–H groups in total. The molecule has 0 saturated carbocycles. The SMILES string of the molecule is COc1ccc(NC(=O)N2Cc3ccccc3-n3cccc3[C@@H]2c2cccc(Cl)c2)cc1OC. The van der Waals surface area contributed by atoms with Gasteiger partial charge in [-0.3, -0.25) is 0 Å². The van der Waals surface area contributed by atoms with Gasteiger partial charge in [0.1, 0.15) is 0 Å². The van der Waals surface area contributed by atoms with Gasteiger partial charge in [0.2, 0.25) is 0 Å². The van der Waals surface area contributed by atoms with Crippen molar-refractivity contribution in [1.82, 2.24) is 9.47 Å². The average Bonchev–Trinajstić information content (AvgIpc) is 3.28. The van der Waals surface area contributed by atoms with Crippen LogP contribution in [0, 0.1) is 0 Å². The second kappa shape index (κ2) is 9.15. The van der Waals surface area contributed by atoms with Gasteiger partial charge in [-0.15, -0.1) is 0 Å². The molecule has 0 spiro atoms. The van der Waals surface area contributed by atoms with Crippen LogP contribution in [-0.4, -0.2) is 29.7 Å². The summed E-state index contributed by atoms with van der Waals surface area (Å²) in [5, 5.41) is 3.67. The maximum absolute atomic E-state index is 13.8. The molecule has 3 aromatic carbocycles. The van der Waals surface area contributed by atoms with Gasteiger partial charge < -0.3 is 24.3 Å². The Balaban J connectivity index is 1.59. The summed E-state index contributed by atoms with van der Waals surface area (Å²) in [5.41, 5.74) is 4.63. The van der Waals surface area contributed by atoms with Gasteiger partial charge in [-0.2, -0.15) is 0 Å². The van der Waals surface area contributed by atoms with E-state index in [0.717, 1.165) is 22.5 Å². The molecule has 172 valence electrons. The maximum atomic E-state index is 13.8. The molecule has 34 heavy (non-hydrogen) atoms. The zero-order chi connectivity index (χ0) is 23.7. The summed E-state index contributed by atoms with van der Waals surface area (Å²) in [4.78, 5) is 15.6. The Labute approximate surface area is 203 Å². The van der Waals surface area contributed by atoms with Crippen molar-refractivity contribution in [3.63, 3.8) is 0 Å². The lowest BCUT2D eigenvalue weighted by Gasteiger charge is -2.31. The van der Waals surface area contributed by atoms with Crippen LogP contribution in [0.2, 0.25) is 5.02 Å². The van der Waals surface area contributed by atoms with Crippen molar-refractivity contribution >= 4 is 23.3 Å². The predicted octanol–water partition coefficient (Wildman–Crippen LogP) is 6.29. The molecule has 0 bridgehead atoms. The van der Waals surface area contributed by atoms with E-state index >= 15 is 0 Å². The number of nitrogens with one attached hydrogen (secondary N) is 1. The highest BCUT2D eigenvalue weighted by atomic mass is 35.5. The minimum atomic E-state index is -0.346. The van der Waals surface area contributed by atoms with Crippen molar-refractivity contribution in [3.05, 3.63) is 107 Å². The molecule has 1 aliphatic rings. The summed E-state index contributed by atoms with van der Waals surface area (Å²) in [6.45, 7) is 0.425. The molecule has 2 amide bonds. The standard InChI is InChI=1S/C27H24ClN3O3/c1-33-24-13-12-21(16-25(24)34-2)29-27(32)31-17-19-7-3-4-10-22(19)30-14-6-11-23(30)26(31)18-8-5-9-20(28)15-18/h3-16,26H,17H2,1-2H3,(H,29,32)/t26-/m0/s1. The average molecular weight is 474 g/mol. The fraction of sp³-hybridized carbons (Fsp3) is 0.148. The summed E-state index contributed by atoms with van der Waals surface area (Å²) in [6.07, 6.45) is 2.03. The zero-order valence-electron chi connectivity index (χ0n) is 18.9. The van der Waals surface area contributed by atoms with E-state index in [-0.39, 0.29) is 12.1 Å². The number of methoxy groups -OCH3 is 2. The smallest absolute Gasteiger partial charge is 0.322 e. The van der Waals surface area contributed by atoms with E-state index in [1.165, 1.54) is 0 Å². The number of para-hydroxylation sites is 1. The predicted molar refractivity (Wildman–Crippen MR) is 133 cm³/mol. The molecule has 6 nitrogen and oxygen atoms in total. The van der Waals surface area contributed by atoms with Crippen molar-refractivity contribution in [2.24, 2.45) is 0 Å². The lowest BCUT2D eigenvalue weighted by molar-refractivity contribution is 0.194. The Hall–Kier alpha value is -3.90. The number of aromatic nitrogens is 1. The van der Waals surface area contributed by atoms with Gasteiger partial charge in [0, 0.05) is 28.7 Å². The van der Waals surface area contributed by atoms with Crippen LogP contribution in [0.4, 0.5) is 10.5 Å². The number of nitrogens with zero attached hydrogens (tertiary/aromatic N) is 2. The molecule has 7 heteroatoms. The molecule has 4 aromatic rings. The molecular weight excluding hydrogens is 450 g/mol. The molecule has 1 aromatic heterocycles. The van der Waals surface area contributed by atoms with Gasteiger partial charge >= 0.3 is 6.03 Å². The van der Waals surface area contributed by atoms with Gasteiger partial charge in [-0.25, -0.2) is 4.79 Å². The van der Waals surface area contributed by atoms with E-state index in [9.17, 15) is 4.79 Å². The van der Waals surface area contributed by atoms with Gasteiger partial charge in [0.25, 0.3) is 0 Å². The largest absolute Gasteiger partial charge is 0.493 e. The van der Waals surface area contributed by atoms with E-state index in [0.29, 0.717) is 28.8 Å². The van der Waals surface area contributed by atoms with Gasteiger partial charge in [0.05, 0.1) is 32.5 Å². The van der Waals surface area contributed by atoms with Crippen molar-refractivity contribution in [3.8, 4) is 17.2 Å². The molecule has 0 aliphatic carbocycles. The first-order chi connectivity index (χ1) is 16.6. The number of benzene rings is 3. The molecule has 2 heterocycles. The van der Waals surface area contributed by atoms with Crippen LogP contribution in [0.5, 0.6) is 11.5 Å². The fourth-order valence-corrected chi connectivity index (χ4v) is 4.67. The molecule has 1 atom stereocenters. The van der Waals surface area contributed by atoms with E-state index in [1.807, 2.05) is 59.6 Å². The number of halogens is 1. The number of hydrogen-bond acceptors (Lipinski definition) is 3. The number of amides is 2. The summed E-state index contributed by atoms with van der Waals surface area (Å²) < 4.78 is 12.9. The second-order valence-electron chi connectivity index (χ2n) is 8.02. The molecule has 0 fully saturated rings. The number of carbonyl (C=O) groups is 1. The highest BCUT2D eigenvalue weighted by Gasteiger charge is 2.33. The highest BCUT2D eigenvalue weighted by Crippen LogP contribution is 2.38. The Morgan fingerprint density at radius 3 is 2.56 bits per heavy atom. The third kappa shape index (κ3) is 3.97. The normalized spacial score (nSPS) is 14.6. The maximum Gasteiger partial charge on any atom is 0.322 e. The number of urea groups is 1. The lowest BCUT2D eigenvalue weighted by atomic mass is 10.0. The summed E-state index contributed by atoms with van der Waals surface area (Å²) in [5.74, 6) is 1.14. The number of rotatable bonds is 4. The molecule has 1 aliphatic heterocycles. The zero-order valence-corrected chi connectivity index (χ0v) is 19.6. The van der Waals surface area contributed by atoms with Gasteiger partial charge in [-0.1, -0.05) is 41.9 Å². The summed E-state index contributed by atoms with van der Waals surface area (Å²) in [7, 11) is 3.15. The fourth-order valence-electron chi connectivity index (χ4n) is 4.48. The highest BCUT2D eigenvalue weighted by molar-refractivity contribution is 6.30. The van der Waals surface area contributed by atoms with Crippen LogP contribution in [0.1, 0.15) is 22.9 Å². The Kier molecular flexibility index (Phi) is 5.90. The van der Waals surface area contributed by atoms with Crippen LogP contribution >= 0.6 is 11.6 Å². The van der Waals surface area contributed by atoms with Gasteiger partial charge in [-0.05, 0) is 53.6 Å².